The molecule has 21 heavy (non-hydrogen) atoms. The average molecular weight is 310 g/mol. The molecule has 0 aromatic heterocycles. The molecule has 1 N–H and O–H groups in total. The molecule has 1 aromatic carbocycles. The van der Waals surface area contributed by atoms with Gasteiger partial charge in [-0.15, -0.1) is 0 Å². The Kier molecular flexibility index (Phi) is 6.08. The van der Waals surface area contributed by atoms with Crippen LogP contribution >= 0.6 is 11.8 Å². The zero-order valence-electron chi connectivity index (χ0n) is 13.4. The van der Waals surface area contributed by atoms with Gasteiger partial charge in [-0.2, -0.15) is 11.8 Å². The summed E-state index contributed by atoms with van der Waals surface area (Å²) in [6, 6.07) is 5.50. The van der Waals surface area contributed by atoms with Crippen molar-refractivity contribution in [3.8, 4) is 0 Å². The highest BCUT2D eigenvalue weighted by Gasteiger charge is 2.24. The maximum absolute atomic E-state index is 14.0. The summed E-state index contributed by atoms with van der Waals surface area (Å²) in [5.41, 5.74) is 1.99. The van der Waals surface area contributed by atoms with Crippen LogP contribution in [0.1, 0.15) is 38.3 Å². The molecule has 4 heteroatoms. The lowest BCUT2D eigenvalue weighted by atomic mass is 10.1. The van der Waals surface area contributed by atoms with Crippen molar-refractivity contribution < 1.29 is 4.39 Å². The van der Waals surface area contributed by atoms with Crippen molar-refractivity contribution >= 4 is 11.8 Å². The predicted molar refractivity (Wildman–Crippen MR) is 90.2 cm³/mol. The van der Waals surface area contributed by atoms with Gasteiger partial charge in [0.1, 0.15) is 5.82 Å². The van der Waals surface area contributed by atoms with Gasteiger partial charge in [0.05, 0.1) is 0 Å². The molecule has 1 saturated heterocycles. The quantitative estimate of drug-likeness (QED) is 0.893. The molecule has 1 fully saturated rings. The number of halogens is 1. The fraction of sp³-hybridized carbons (Fsp3) is 0.647. The van der Waals surface area contributed by atoms with Crippen molar-refractivity contribution in [2.45, 2.75) is 45.0 Å². The lowest BCUT2D eigenvalue weighted by Gasteiger charge is -2.23. The van der Waals surface area contributed by atoms with Crippen LogP contribution in [0.25, 0.3) is 0 Å². The number of rotatable bonds is 5. The first-order chi connectivity index (χ1) is 10.00. The van der Waals surface area contributed by atoms with E-state index in [-0.39, 0.29) is 5.82 Å². The van der Waals surface area contributed by atoms with Gasteiger partial charge in [0.2, 0.25) is 0 Å². The topological polar surface area (TPSA) is 15.3 Å². The lowest BCUT2D eigenvalue weighted by Crippen LogP contribution is -2.27. The number of hydrogen-bond acceptors (Lipinski definition) is 3. The van der Waals surface area contributed by atoms with Crippen LogP contribution in [-0.2, 0) is 13.1 Å². The molecule has 0 aliphatic carbocycles. The molecular weight excluding hydrogens is 283 g/mol. The van der Waals surface area contributed by atoms with Gasteiger partial charge in [0, 0.05) is 35.7 Å². The molecule has 0 saturated carbocycles. The van der Waals surface area contributed by atoms with Crippen LogP contribution in [0.4, 0.5) is 4.39 Å². The standard InChI is InChI=1S/C17H27FN2S/c1-4-19-12-14-5-6-16(18)15(11-14)13-20-8-7-17(2,3)21-10-9-20/h5-6,11,19H,4,7-10,12-13H2,1-3H3. The van der Waals surface area contributed by atoms with Crippen LogP contribution in [0, 0.1) is 5.82 Å². The number of nitrogens with one attached hydrogen (secondary N) is 1. The van der Waals surface area contributed by atoms with Gasteiger partial charge in [0.25, 0.3) is 0 Å². The van der Waals surface area contributed by atoms with Gasteiger partial charge in [-0.3, -0.25) is 4.90 Å². The molecule has 0 amide bonds. The first-order valence-electron chi connectivity index (χ1n) is 7.84. The molecule has 1 heterocycles. The molecule has 0 radical (unpaired) electrons. The summed E-state index contributed by atoms with van der Waals surface area (Å²) in [6.07, 6.45) is 1.16. The van der Waals surface area contributed by atoms with Gasteiger partial charge < -0.3 is 5.32 Å². The molecule has 0 unspecified atom stereocenters. The lowest BCUT2D eigenvalue weighted by molar-refractivity contribution is 0.272. The highest BCUT2D eigenvalue weighted by atomic mass is 32.2. The minimum Gasteiger partial charge on any atom is -0.313 e. The Bertz CT molecular complexity index is 462. The van der Waals surface area contributed by atoms with E-state index in [4.69, 9.17) is 0 Å². The van der Waals surface area contributed by atoms with Crippen molar-refractivity contribution in [2.24, 2.45) is 0 Å². The van der Waals surface area contributed by atoms with E-state index in [1.807, 2.05) is 23.9 Å². The highest BCUT2D eigenvalue weighted by Crippen LogP contribution is 2.31. The van der Waals surface area contributed by atoms with Crippen LogP contribution in [0.5, 0.6) is 0 Å². The van der Waals surface area contributed by atoms with Crippen LogP contribution < -0.4 is 5.32 Å². The number of hydrogen-bond donors (Lipinski definition) is 1. The molecule has 2 nitrogen and oxygen atoms in total. The van der Waals surface area contributed by atoms with Crippen molar-refractivity contribution in [3.05, 3.63) is 35.1 Å². The van der Waals surface area contributed by atoms with Gasteiger partial charge >= 0.3 is 0 Å². The Balaban J connectivity index is 2.01. The molecule has 0 bridgehead atoms. The first-order valence-corrected chi connectivity index (χ1v) is 8.83. The van der Waals surface area contributed by atoms with Gasteiger partial charge in [-0.25, -0.2) is 4.39 Å². The summed E-state index contributed by atoms with van der Waals surface area (Å²) in [4.78, 5) is 2.39. The third kappa shape index (κ3) is 5.28. The van der Waals surface area contributed by atoms with Gasteiger partial charge in [-0.1, -0.05) is 32.9 Å². The monoisotopic (exact) mass is 310 g/mol. The second-order valence-corrected chi connectivity index (χ2v) is 8.14. The third-order valence-corrected chi connectivity index (χ3v) is 5.39. The Morgan fingerprint density at radius 2 is 2.14 bits per heavy atom. The van der Waals surface area contributed by atoms with Crippen LogP contribution in [0.2, 0.25) is 0 Å². The second-order valence-electron chi connectivity index (χ2n) is 6.34. The Morgan fingerprint density at radius 3 is 2.90 bits per heavy atom. The molecular formula is C17H27FN2S. The predicted octanol–water partition coefficient (Wildman–Crippen LogP) is 3.65. The van der Waals surface area contributed by atoms with Crippen molar-refractivity contribution in [1.29, 1.82) is 0 Å². The van der Waals surface area contributed by atoms with Crippen LogP contribution in [-0.4, -0.2) is 35.0 Å². The highest BCUT2D eigenvalue weighted by molar-refractivity contribution is 8.00. The summed E-state index contributed by atoms with van der Waals surface area (Å²) < 4.78 is 14.4. The molecule has 1 aromatic rings. The molecule has 118 valence electrons. The molecule has 2 rings (SSSR count). The van der Waals surface area contributed by atoms with E-state index in [1.54, 1.807) is 6.07 Å². The summed E-state index contributed by atoms with van der Waals surface area (Å²) in [5, 5.41) is 3.30. The van der Waals surface area contributed by atoms with Crippen molar-refractivity contribution in [3.63, 3.8) is 0 Å². The summed E-state index contributed by atoms with van der Waals surface area (Å²) in [6.45, 7) is 11.3. The molecule has 0 spiro atoms. The maximum atomic E-state index is 14.0. The zero-order chi connectivity index (χ0) is 15.3. The molecule has 1 aliphatic rings. The Morgan fingerprint density at radius 1 is 1.33 bits per heavy atom. The first kappa shape index (κ1) is 16.8. The average Bonchev–Trinajstić information content (AvgIpc) is 2.61. The fourth-order valence-electron chi connectivity index (χ4n) is 2.59. The van der Waals surface area contributed by atoms with Gasteiger partial charge in [0.15, 0.2) is 0 Å². The van der Waals surface area contributed by atoms with E-state index in [9.17, 15) is 4.39 Å². The third-order valence-electron chi connectivity index (χ3n) is 4.01. The normalized spacial score (nSPS) is 19.4. The minimum absolute atomic E-state index is 0.0774. The van der Waals surface area contributed by atoms with Crippen molar-refractivity contribution in [1.82, 2.24) is 10.2 Å². The van der Waals surface area contributed by atoms with Gasteiger partial charge in [-0.05, 0) is 31.1 Å². The fourth-order valence-corrected chi connectivity index (χ4v) is 3.73. The van der Waals surface area contributed by atoms with E-state index in [2.05, 4.69) is 31.0 Å². The Labute approximate surface area is 132 Å². The summed E-state index contributed by atoms with van der Waals surface area (Å²) in [5.74, 6) is 1.05. The van der Waals surface area contributed by atoms with Crippen LogP contribution in [0.15, 0.2) is 18.2 Å². The van der Waals surface area contributed by atoms with E-state index in [0.717, 1.165) is 56.0 Å². The zero-order valence-corrected chi connectivity index (χ0v) is 14.2. The molecule has 0 atom stereocenters. The van der Waals surface area contributed by atoms with Crippen molar-refractivity contribution in [2.75, 3.05) is 25.4 Å². The maximum Gasteiger partial charge on any atom is 0.127 e. The number of nitrogens with zero attached hydrogens (tertiary/aromatic N) is 1. The second kappa shape index (κ2) is 7.61. The van der Waals surface area contributed by atoms with E-state index in [1.165, 1.54) is 0 Å². The number of thioether (sulfide) groups is 1. The summed E-state index contributed by atoms with van der Waals surface area (Å²) >= 11 is 2.03. The van der Waals surface area contributed by atoms with E-state index >= 15 is 0 Å². The SMILES string of the molecule is CCNCc1ccc(F)c(CN2CCSC(C)(C)CC2)c1. The molecule has 1 aliphatic heterocycles. The summed E-state index contributed by atoms with van der Waals surface area (Å²) in [7, 11) is 0. The minimum atomic E-state index is -0.0774. The number of benzene rings is 1. The van der Waals surface area contributed by atoms with E-state index < -0.39 is 0 Å². The largest absolute Gasteiger partial charge is 0.313 e. The smallest absolute Gasteiger partial charge is 0.127 e. The Hall–Kier alpha value is -0.580. The van der Waals surface area contributed by atoms with Crippen LogP contribution in [0.3, 0.4) is 0 Å². The van der Waals surface area contributed by atoms with E-state index in [0.29, 0.717) is 4.75 Å².